The second-order valence-corrected chi connectivity index (χ2v) is 15.8. The summed E-state index contributed by atoms with van der Waals surface area (Å²) in [5.74, 6) is 0.243. The number of nitrogens with one attached hydrogen (secondary N) is 2. The van der Waals surface area contributed by atoms with Crippen LogP contribution in [0.25, 0.3) is 54.5 Å². The van der Waals surface area contributed by atoms with Crippen molar-refractivity contribution in [3.8, 4) is 11.3 Å². The van der Waals surface area contributed by atoms with Crippen molar-refractivity contribution in [2.24, 2.45) is 10.8 Å². The number of aromatic nitrogens is 1. The summed E-state index contributed by atoms with van der Waals surface area (Å²) < 4.78 is 0. The van der Waals surface area contributed by atoms with E-state index in [0.717, 1.165) is 19.3 Å². The number of unbranched alkanes of at least 4 members (excludes halogenated alkanes) is 1. The van der Waals surface area contributed by atoms with E-state index in [1.165, 1.54) is 103 Å². The highest BCUT2D eigenvalue weighted by Gasteiger charge is 2.32. The summed E-state index contributed by atoms with van der Waals surface area (Å²) in [5.41, 5.74) is 8.06. The van der Waals surface area contributed by atoms with Crippen molar-refractivity contribution >= 4 is 49.4 Å². The molecular formula is C47H52N2. The van der Waals surface area contributed by atoms with Crippen LogP contribution in [-0.4, -0.2) is 11.2 Å². The Morgan fingerprint density at radius 1 is 0.694 bits per heavy atom. The van der Waals surface area contributed by atoms with Gasteiger partial charge < -0.3 is 10.4 Å². The van der Waals surface area contributed by atoms with Crippen LogP contribution in [0.1, 0.15) is 95.8 Å². The molecule has 0 bridgehead atoms. The van der Waals surface area contributed by atoms with Gasteiger partial charge in [-0.25, -0.2) is 0 Å². The highest BCUT2D eigenvalue weighted by molar-refractivity contribution is 6.23. The predicted octanol–water partition coefficient (Wildman–Crippen LogP) is 13.7. The maximum atomic E-state index is 8.10. The van der Waals surface area contributed by atoms with Crippen molar-refractivity contribution in [2.45, 2.75) is 91.9 Å². The zero-order valence-corrected chi connectivity index (χ0v) is 30.1. The van der Waals surface area contributed by atoms with Gasteiger partial charge in [0.25, 0.3) is 0 Å². The highest BCUT2D eigenvalue weighted by atomic mass is 14.7. The molecule has 0 fully saturated rings. The van der Waals surface area contributed by atoms with Crippen molar-refractivity contribution in [2.75, 3.05) is 0 Å². The van der Waals surface area contributed by atoms with Crippen molar-refractivity contribution in [1.29, 1.82) is 5.41 Å². The number of benzene rings is 6. The Morgan fingerprint density at radius 3 is 2.16 bits per heavy atom. The molecule has 1 heterocycles. The van der Waals surface area contributed by atoms with Gasteiger partial charge in [0.2, 0.25) is 0 Å². The van der Waals surface area contributed by atoms with E-state index in [4.69, 9.17) is 5.41 Å². The Labute approximate surface area is 292 Å². The molecule has 0 radical (unpaired) electrons. The lowest BCUT2D eigenvalue weighted by atomic mass is 9.69. The van der Waals surface area contributed by atoms with E-state index in [0.29, 0.717) is 5.41 Å². The summed E-state index contributed by atoms with van der Waals surface area (Å²) in [6, 6.07) is 39.0. The van der Waals surface area contributed by atoms with E-state index in [1.807, 2.05) is 0 Å². The summed E-state index contributed by atoms with van der Waals surface area (Å²) >= 11 is 0. The van der Waals surface area contributed by atoms with Crippen LogP contribution in [-0.2, 0) is 12.8 Å². The van der Waals surface area contributed by atoms with E-state index < -0.39 is 0 Å². The lowest BCUT2D eigenvalue weighted by Crippen LogP contribution is -2.25. The first-order chi connectivity index (χ1) is 23.7. The van der Waals surface area contributed by atoms with Crippen LogP contribution in [0.2, 0.25) is 0 Å². The van der Waals surface area contributed by atoms with Gasteiger partial charge in [-0.3, -0.25) is 0 Å². The fourth-order valence-corrected chi connectivity index (χ4v) is 8.82. The number of hydrogen-bond donors (Lipinski definition) is 2. The molecule has 1 aromatic heterocycles. The van der Waals surface area contributed by atoms with Crippen LogP contribution in [0.5, 0.6) is 0 Å². The number of aromatic amines is 1. The molecule has 6 aromatic carbocycles. The maximum absolute atomic E-state index is 8.10. The van der Waals surface area contributed by atoms with Gasteiger partial charge in [-0.2, -0.15) is 0 Å². The van der Waals surface area contributed by atoms with Gasteiger partial charge >= 0.3 is 0 Å². The number of H-pyrrole nitrogens is 1. The van der Waals surface area contributed by atoms with E-state index in [1.54, 1.807) is 6.21 Å². The predicted molar refractivity (Wildman–Crippen MR) is 214 cm³/mol. The van der Waals surface area contributed by atoms with Crippen LogP contribution in [0.4, 0.5) is 0 Å². The lowest BCUT2D eigenvalue weighted by molar-refractivity contribution is 0.259. The summed E-state index contributed by atoms with van der Waals surface area (Å²) in [6.07, 6.45) is 10.8. The van der Waals surface area contributed by atoms with E-state index >= 15 is 0 Å². The van der Waals surface area contributed by atoms with Crippen molar-refractivity contribution in [1.82, 2.24) is 4.98 Å². The van der Waals surface area contributed by atoms with Gasteiger partial charge in [-0.1, -0.05) is 139 Å². The first-order valence-corrected chi connectivity index (χ1v) is 18.6. The zero-order valence-electron chi connectivity index (χ0n) is 30.1. The van der Waals surface area contributed by atoms with E-state index in [9.17, 15) is 0 Å². The Bertz CT molecular complexity index is 2220. The third kappa shape index (κ3) is 6.51. The van der Waals surface area contributed by atoms with Gasteiger partial charge in [0, 0.05) is 16.6 Å². The molecule has 0 saturated carbocycles. The third-order valence-electron chi connectivity index (χ3n) is 11.5. The first kappa shape index (κ1) is 33.1. The minimum Gasteiger partial charge on any atom is -0.355 e. The molecule has 0 spiro atoms. The standard InChI is InChI=1S/C47H52N2/c1-6-8-24-47(5,23-7-2)31-33-11-9-14-37(27-33)43-30-38-16-15-32(29-42(38)49-43)28-41(46(3,4)25-26-48)39-21-19-36-18-17-34-12-10-13-35-20-22-40(39)45(36)44(34)35/h9-22,26-27,29-30,41,48-49H,6-8,23-25,28,31H2,1-5H3. The molecule has 2 atom stereocenters. The highest BCUT2D eigenvalue weighted by Crippen LogP contribution is 2.46. The molecule has 0 saturated heterocycles. The number of fused-ring (bicyclic) bond motifs is 1. The summed E-state index contributed by atoms with van der Waals surface area (Å²) in [7, 11) is 0. The molecule has 7 rings (SSSR count). The average Bonchev–Trinajstić information content (AvgIpc) is 3.53. The van der Waals surface area contributed by atoms with E-state index in [-0.39, 0.29) is 11.3 Å². The Hall–Kier alpha value is -4.43. The van der Waals surface area contributed by atoms with Crippen LogP contribution >= 0.6 is 0 Å². The smallest absolute Gasteiger partial charge is 0.0464 e. The molecule has 49 heavy (non-hydrogen) atoms. The van der Waals surface area contributed by atoms with Gasteiger partial charge in [-0.15, -0.1) is 0 Å². The molecule has 2 heteroatoms. The summed E-state index contributed by atoms with van der Waals surface area (Å²) in [5, 5.41) is 17.3. The Morgan fingerprint density at radius 2 is 1.41 bits per heavy atom. The molecule has 0 aliphatic heterocycles. The second-order valence-electron chi connectivity index (χ2n) is 15.8. The van der Waals surface area contributed by atoms with Crippen LogP contribution in [0.3, 0.4) is 0 Å². The molecule has 2 nitrogen and oxygen atoms in total. The normalized spacial score (nSPS) is 14.2. The maximum Gasteiger partial charge on any atom is 0.0464 e. The van der Waals surface area contributed by atoms with E-state index in [2.05, 4.69) is 143 Å². The first-order valence-electron chi connectivity index (χ1n) is 18.6. The molecule has 2 N–H and O–H groups in total. The van der Waals surface area contributed by atoms with Crippen molar-refractivity contribution in [3.63, 3.8) is 0 Å². The fraction of sp³-hybridized carbons (Fsp3) is 0.340. The monoisotopic (exact) mass is 644 g/mol. The Kier molecular flexibility index (Phi) is 9.09. The fourth-order valence-electron chi connectivity index (χ4n) is 8.82. The third-order valence-corrected chi connectivity index (χ3v) is 11.5. The minimum atomic E-state index is -0.0929. The molecule has 0 aliphatic carbocycles. The van der Waals surface area contributed by atoms with Crippen LogP contribution in [0.15, 0.2) is 103 Å². The molecular weight excluding hydrogens is 593 g/mol. The molecule has 250 valence electrons. The van der Waals surface area contributed by atoms with Crippen molar-refractivity contribution < 1.29 is 0 Å². The summed E-state index contributed by atoms with van der Waals surface area (Å²) in [6.45, 7) is 11.8. The molecule has 0 amide bonds. The SMILES string of the molecule is CCCCC(C)(CCC)Cc1cccc(-c2cc3ccc(CC(c4ccc5ccc6cccc7ccc4c5c67)C(C)(C)CC=N)cc3[nH]2)c1. The Balaban J connectivity index is 1.23. The number of hydrogen-bond acceptors (Lipinski definition) is 1. The quantitative estimate of drug-likeness (QED) is 0.0873. The van der Waals surface area contributed by atoms with Crippen LogP contribution < -0.4 is 0 Å². The minimum absolute atomic E-state index is 0.0929. The average molecular weight is 645 g/mol. The van der Waals surface area contributed by atoms with Gasteiger partial charge in [0.05, 0.1) is 0 Å². The zero-order chi connectivity index (χ0) is 34.2. The van der Waals surface area contributed by atoms with Gasteiger partial charge in [0.15, 0.2) is 0 Å². The lowest BCUT2D eigenvalue weighted by Gasteiger charge is -2.35. The molecule has 7 aromatic rings. The molecule has 2 unspecified atom stereocenters. The van der Waals surface area contributed by atoms with Gasteiger partial charge in [-0.05, 0) is 128 Å². The number of rotatable bonds is 14. The van der Waals surface area contributed by atoms with Gasteiger partial charge in [0.1, 0.15) is 0 Å². The second kappa shape index (κ2) is 13.5. The summed E-state index contributed by atoms with van der Waals surface area (Å²) in [4.78, 5) is 3.81. The van der Waals surface area contributed by atoms with Crippen LogP contribution in [0, 0.1) is 16.2 Å². The van der Waals surface area contributed by atoms with Crippen molar-refractivity contribution in [3.05, 3.63) is 120 Å². The largest absolute Gasteiger partial charge is 0.355 e. The molecule has 0 aliphatic rings. The topological polar surface area (TPSA) is 39.6 Å².